The Balaban J connectivity index is 2.22. The van der Waals surface area contributed by atoms with Crippen molar-refractivity contribution in [2.75, 3.05) is 14.2 Å². The van der Waals surface area contributed by atoms with Gasteiger partial charge in [0.25, 0.3) is 5.91 Å². The minimum absolute atomic E-state index is 0.0121. The molecule has 0 radical (unpaired) electrons. The van der Waals surface area contributed by atoms with E-state index in [9.17, 15) is 10.1 Å². The Morgan fingerprint density at radius 1 is 1.12 bits per heavy atom. The summed E-state index contributed by atoms with van der Waals surface area (Å²) >= 11 is 0. The first kappa shape index (κ1) is 18.1. The largest absolute Gasteiger partial charge is 0.497 e. The number of benzene rings is 2. The van der Waals surface area contributed by atoms with Crippen LogP contribution in [0.4, 0.5) is 0 Å². The van der Waals surface area contributed by atoms with Crippen molar-refractivity contribution in [2.24, 2.45) is 0 Å². The fourth-order valence-electron chi connectivity index (χ4n) is 2.33. The lowest BCUT2D eigenvalue weighted by Gasteiger charge is -2.14. The van der Waals surface area contributed by atoms with Gasteiger partial charge in [-0.1, -0.05) is 30.3 Å². The first-order valence-electron chi connectivity index (χ1n) is 7.78. The van der Waals surface area contributed by atoms with Gasteiger partial charge >= 0.3 is 0 Å². The molecule has 0 heterocycles. The number of ether oxygens (including phenoxy) is 2. The van der Waals surface area contributed by atoms with E-state index in [0.717, 1.165) is 5.56 Å². The van der Waals surface area contributed by atoms with E-state index in [2.05, 4.69) is 5.32 Å². The molecule has 0 aliphatic carbocycles. The molecule has 0 bridgehead atoms. The van der Waals surface area contributed by atoms with Gasteiger partial charge in [0.15, 0.2) is 0 Å². The monoisotopic (exact) mass is 336 g/mol. The number of carbonyl (C=O) groups is 1. The summed E-state index contributed by atoms with van der Waals surface area (Å²) in [6.45, 7) is 1.87. The van der Waals surface area contributed by atoms with Gasteiger partial charge in [0.2, 0.25) is 0 Å². The molecule has 0 aromatic heterocycles. The normalized spacial score (nSPS) is 12.0. The van der Waals surface area contributed by atoms with Crippen molar-refractivity contribution in [3.05, 3.63) is 65.2 Å². The lowest BCUT2D eigenvalue weighted by atomic mass is 10.1. The van der Waals surface area contributed by atoms with Crippen LogP contribution < -0.4 is 14.8 Å². The topological polar surface area (TPSA) is 71.3 Å². The summed E-state index contributed by atoms with van der Waals surface area (Å²) < 4.78 is 10.4. The summed E-state index contributed by atoms with van der Waals surface area (Å²) in [6, 6.07) is 16.5. The number of nitriles is 1. The maximum Gasteiger partial charge on any atom is 0.262 e. The molecule has 0 saturated heterocycles. The van der Waals surface area contributed by atoms with E-state index in [0.29, 0.717) is 17.1 Å². The maximum absolute atomic E-state index is 12.4. The number of methoxy groups -OCH3 is 2. The van der Waals surface area contributed by atoms with Gasteiger partial charge in [-0.15, -0.1) is 0 Å². The summed E-state index contributed by atoms with van der Waals surface area (Å²) in [6.07, 6.45) is 1.51. The standard InChI is InChI=1S/C20H20N2O3/c1-14(16-7-5-4-6-8-16)22-20(23)17(13-21)9-15-10-18(24-2)12-19(11-15)25-3/h4-12,14H,1-3H3,(H,22,23)/b17-9+/t14-/m0/s1. The van der Waals surface area contributed by atoms with Crippen LogP contribution in [0.1, 0.15) is 24.1 Å². The van der Waals surface area contributed by atoms with Gasteiger partial charge in [-0.25, -0.2) is 0 Å². The number of rotatable bonds is 6. The summed E-state index contributed by atoms with van der Waals surface area (Å²) in [7, 11) is 3.09. The summed E-state index contributed by atoms with van der Waals surface area (Å²) in [5.41, 5.74) is 1.63. The first-order chi connectivity index (χ1) is 12.1. The predicted molar refractivity (Wildman–Crippen MR) is 96.1 cm³/mol. The zero-order valence-electron chi connectivity index (χ0n) is 14.4. The maximum atomic E-state index is 12.4. The molecule has 2 rings (SSSR count). The van der Waals surface area contributed by atoms with Crippen LogP contribution in [-0.4, -0.2) is 20.1 Å². The van der Waals surface area contributed by atoms with Crippen LogP contribution in [0.2, 0.25) is 0 Å². The third-order valence-corrected chi connectivity index (χ3v) is 3.70. The molecule has 5 nitrogen and oxygen atoms in total. The van der Waals surface area contributed by atoms with Gasteiger partial charge < -0.3 is 14.8 Å². The summed E-state index contributed by atoms with van der Waals surface area (Å²) in [5.74, 6) is 0.738. The Hall–Kier alpha value is -3.26. The highest BCUT2D eigenvalue weighted by Crippen LogP contribution is 2.24. The highest BCUT2D eigenvalue weighted by molar-refractivity contribution is 6.01. The van der Waals surface area contributed by atoms with Crippen LogP contribution in [0.5, 0.6) is 11.5 Å². The van der Waals surface area contributed by atoms with Gasteiger partial charge in [-0.2, -0.15) is 5.26 Å². The van der Waals surface area contributed by atoms with Crippen LogP contribution in [0.3, 0.4) is 0 Å². The lowest BCUT2D eigenvalue weighted by molar-refractivity contribution is -0.117. The summed E-state index contributed by atoms with van der Waals surface area (Å²) in [5, 5.41) is 12.2. The second-order valence-electron chi connectivity index (χ2n) is 5.42. The molecule has 5 heteroatoms. The zero-order chi connectivity index (χ0) is 18.2. The number of amides is 1. The fourth-order valence-corrected chi connectivity index (χ4v) is 2.33. The SMILES string of the molecule is COc1cc(/C=C(\C#N)C(=O)N[C@@H](C)c2ccccc2)cc(OC)c1. The van der Waals surface area contributed by atoms with Crippen molar-refractivity contribution in [1.82, 2.24) is 5.32 Å². The molecule has 25 heavy (non-hydrogen) atoms. The first-order valence-corrected chi connectivity index (χ1v) is 7.78. The second kappa shape index (κ2) is 8.55. The molecular formula is C20H20N2O3. The predicted octanol–water partition coefficient (Wildman–Crippen LogP) is 3.49. The van der Waals surface area contributed by atoms with Crippen molar-refractivity contribution >= 4 is 12.0 Å². The Morgan fingerprint density at radius 3 is 2.24 bits per heavy atom. The van der Waals surface area contributed by atoms with Crippen molar-refractivity contribution in [1.29, 1.82) is 5.26 Å². The Bertz CT molecular complexity index is 785. The van der Waals surface area contributed by atoms with Crippen molar-refractivity contribution in [3.63, 3.8) is 0 Å². The van der Waals surface area contributed by atoms with E-state index in [1.165, 1.54) is 6.08 Å². The zero-order valence-corrected chi connectivity index (χ0v) is 14.4. The molecule has 0 aliphatic heterocycles. The molecule has 0 unspecified atom stereocenters. The van der Waals surface area contributed by atoms with Gasteiger partial charge in [-0.3, -0.25) is 4.79 Å². The van der Waals surface area contributed by atoms with Gasteiger partial charge in [0.05, 0.1) is 20.3 Å². The molecular weight excluding hydrogens is 316 g/mol. The van der Waals surface area contributed by atoms with Crippen molar-refractivity contribution in [2.45, 2.75) is 13.0 Å². The molecule has 1 N–H and O–H groups in total. The van der Waals surface area contributed by atoms with Crippen molar-refractivity contribution < 1.29 is 14.3 Å². The van der Waals surface area contributed by atoms with E-state index in [1.54, 1.807) is 32.4 Å². The van der Waals surface area contributed by atoms with Crippen LogP contribution >= 0.6 is 0 Å². The van der Waals surface area contributed by atoms with E-state index >= 15 is 0 Å². The molecule has 1 atom stereocenters. The molecule has 128 valence electrons. The fraction of sp³-hybridized carbons (Fsp3) is 0.200. The lowest BCUT2D eigenvalue weighted by Crippen LogP contribution is -2.27. The van der Waals surface area contributed by atoms with Gasteiger partial charge in [0, 0.05) is 6.07 Å². The quantitative estimate of drug-likeness (QED) is 0.647. The second-order valence-corrected chi connectivity index (χ2v) is 5.42. The number of nitrogens with zero attached hydrogens (tertiary/aromatic N) is 1. The molecule has 0 fully saturated rings. The molecule has 1 amide bonds. The summed E-state index contributed by atoms with van der Waals surface area (Å²) in [4.78, 5) is 12.4. The van der Waals surface area contributed by atoms with Gasteiger partial charge in [-0.05, 0) is 36.3 Å². The molecule has 0 spiro atoms. The average molecular weight is 336 g/mol. The van der Waals surface area contributed by atoms with Crippen LogP contribution in [0.15, 0.2) is 54.1 Å². The molecule has 0 saturated carbocycles. The minimum Gasteiger partial charge on any atom is -0.497 e. The highest BCUT2D eigenvalue weighted by atomic mass is 16.5. The molecule has 2 aromatic carbocycles. The number of hydrogen-bond acceptors (Lipinski definition) is 4. The van der Waals surface area contributed by atoms with E-state index in [1.807, 2.05) is 43.3 Å². The van der Waals surface area contributed by atoms with Crippen LogP contribution in [-0.2, 0) is 4.79 Å². The number of hydrogen-bond donors (Lipinski definition) is 1. The van der Waals surface area contributed by atoms with E-state index in [4.69, 9.17) is 9.47 Å². The van der Waals surface area contributed by atoms with Gasteiger partial charge in [0.1, 0.15) is 23.1 Å². The smallest absolute Gasteiger partial charge is 0.262 e. The molecule has 0 aliphatic rings. The van der Waals surface area contributed by atoms with Crippen LogP contribution in [0.25, 0.3) is 6.08 Å². The van der Waals surface area contributed by atoms with Crippen LogP contribution in [0, 0.1) is 11.3 Å². The Kier molecular flexibility index (Phi) is 6.19. The van der Waals surface area contributed by atoms with E-state index in [-0.39, 0.29) is 11.6 Å². The average Bonchev–Trinajstić information content (AvgIpc) is 2.66. The van der Waals surface area contributed by atoms with Crippen molar-refractivity contribution in [3.8, 4) is 17.6 Å². The molecule has 2 aromatic rings. The number of carbonyl (C=O) groups excluding carboxylic acids is 1. The van der Waals surface area contributed by atoms with E-state index < -0.39 is 5.91 Å². The third kappa shape index (κ3) is 4.85. The Morgan fingerprint density at radius 2 is 1.72 bits per heavy atom. The third-order valence-electron chi connectivity index (χ3n) is 3.70. The highest BCUT2D eigenvalue weighted by Gasteiger charge is 2.14. The minimum atomic E-state index is -0.430. The Labute approximate surface area is 147 Å². The number of nitrogens with one attached hydrogen (secondary N) is 1.